The Kier molecular flexibility index (Phi) is 4.69. The average Bonchev–Trinajstić information content (AvgIpc) is 2.37. The fourth-order valence-corrected chi connectivity index (χ4v) is 3.54. The molecule has 1 aliphatic rings. The lowest BCUT2D eigenvalue weighted by Gasteiger charge is -2.36. The van der Waals surface area contributed by atoms with Crippen LogP contribution < -0.4 is 10.6 Å². The van der Waals surface area contributed by atoms with Crippen LogP contribution in [0.4, 0.5) is 5.69 Å². The smallest absolute Gasteiger partial charge is 0.107 e. The minimum Gasteiger partial charge on any atom is -0.389 e. The maximum absolute atomic E-state index is 6.24. The molecule has 104 valence electrons. The second kappa shape index (κ2) is 6.10. The van der Waals surface area contributed by atoms with Crippen LogP contribution in [0.3, 0.4) is 0 Å². The molecule has 0 aliphatic heterocycles. The first-order chi connectivity index (χ1) is 9.00. The highest BCUT2D eigenvalue weighted by atomic mass is 35.5. The molecule has 0 bridgehead atoms. The van der Waals surface area contributed by atoms with Crippen LogP contribution in [-0.2, 0) is 0 Å². The van der Waals surface area contributed by atoms with Gasteiger partial charge in [-0.3, -0.25) is 0 Å². The normalized spacial score (nSPS) is 23.1. The van der Waals surface area contributed by atoms with E-state index in [4.69, 9.17) is 29.6 Å². The molecule has 4 heteroatoms. The summed E-state index contributed by atoms with van der Waals surface area (Å²) < 4.78 is 0. The van der Waals surface area contributed by atoms with Gasteiger partial charge in [0.05, 0.1) is 10.6 Å². The highest BCUT2D eigenvalue weighted by molar-refractivity contribution is 7.80. The molecule has 0 heterocycles. The summed E-state index contributed by atoms with van der Waals surface area (Å²) in [6.07, 6.45) is 5.07. The van der Waals surface area contributed by atoms with Crippen LogP contribution in [0.5, 0.6) is 0 Å². The summed E-state index contributed by atoms with van der Waals surface area (Å²) in [4.78, 5) is 2.67. The van der Waals surface area contributed by atoms with Gasteiger partial charge in [0.25, 0.3) is 0 Å². The topological polar surface area (TPSA) is 29.3 Å². The van der Waals surface area contributed by atoms with Crippen molar-refractivity contribution in [2.24, 2.45) is 11.7 Å². The van der Waals surface area contributed by atoms with E-state index in [-0.39, 0.29) is 0 Å². The van der Waals surface area contributed by atoms with Crippen molar-refractivity contribution < 1.29 is 0 Å². The summed E-state index contributed by atoms with van der Waals surface area (Å²) in [5.41, 5.74) is 7.69. The molecule has 0 spiro atoms. The Morgan fingerprint density at radius 1 is 1.42 bits per heavy atom. The van der Waals surface area contributed by atoms with E-state index in [1.54, 1.807) is 0 Å². The van der Waals surface area contributed by atoms with Crippen LogP contribution >= 0.6 is 23.8 Å². The van der Waals surface area contributed by atoms with Crippen molar-refractivity contribution in [1.29, 1.82) is 0 Å². The van der Waals surface area contributed by atoms with Crippen LogP contribution in [0.15, 0.2) is 18.2 Å². The van der Waals surface area contributed by atoms with Crippen molar-refractivity contribution in [3.05, 3.63) is 28.8 Å². The monoisotopic (exact) mass is 296 g/mol. The summed E-state index contributed by atoms with van der Waals surface area (Å²) in [7, 11) is 2.12. The molecular weight excluding hydrogens is 276 g/mol. The van der Waals surface area contributed by atoms with Gasteiger partial charge in [0.2, 0.25) is 0 Å². The molecule has 1 aromatic carbocycles. The second-order valence-corrected chi connectivity index (χ2v) is 6.38. The number of hydrogen-bond donors (Lipinski definition) is 1. The van der Waals surface area contributed by atoms with E-state index in [1.807, 2.05) is 12.1 Å². The number of thiocarbonyl (C=S) groups is 1. The van der Waals surface area contributed by atoms with Crippen molar-refractivity contribution in [1.82, 2.24) is 0 Å². The number of nitrogens with zero attached hydrogens (tertiary/aromatic N) is 1. The van der Waals surface area contributed by atoms with Gasteiger partial charge in [0.1, 0.15) is 4.99 Å². The molecule has 1 aliphatic carbocycles. The van der Waals surface area contributed by atoms with E-state index < -0.39 is 0 Å². The van der Waals surface area contributed by atoms with Gasteiger partial charge in [-0.1, -0.05) is 49.7 Å². The Bertz CT molecular complexity index is 475. The fraction of sp³-hybridized carbons (Fsp3) is 0.533. The van der Waals surface area contributed by atoms with Gasteiger partial charge in [0.15, 0.2) is 0 Å². The van der Waals surface area contributed by atoms with Crippen molar-refractivity contribution in [2.75, 3.05) is 11.9 Å². The minimum atomic E-state index is 0.372. The van der Waals surface area contributed by atoms with E-state index in [1.165, 1.54) is 25.7 Å². The van der Waals surface area contributed by atoms with Crippen LogP contribution in [0.2, 0.25) is 5.02 Å². The van der Waals surface area contributed by atoms with Crippen LogP contribution in [0.25, 0.3) is 0 Å². The fourth-order valence-electron chi connectivity index (χ4n) is 3.00. The highest BCUT2D eigenvalue weighted by Crippen LogP contribution is 2.33. The number of rotatable bonds is 3. The molecule has 2 atom stereocenters. The van der Waals surface area contributed by atoms with E-state index in [0.29, 0.717) is 16.1 Å². The quantitative estimate of drug-likeness (QED) is 0.855. The zero-order chi connectivity index (χ0) is 14.0. The first-order valence-corrected chi connectivity index (χ1v) is 7.60. The molecule has 0 amide bonds. The van der Waals surface area contributed by atoms with Crippen LogP contribution in [0, 0.1) is 5.92 Å². The number of anilines is 1. The third-order valence-electron chi connectivity index (χ3n) is 4.07. The van der Waals surface area contributed by atoms with Gasteiger partial charge in [-0.2, -0.15) is 0 Å². The molecule has 2 nitrogen and oxygen atoms in total. The molecule has 2 unspecified atom stereocenters. The lowest BCUT2D eigenvalue weighted by Crippen LogP contribution is -2.36. The molecule has 0 radical (unpaired) electrons. The van der Waals surface area contributed by atoms with Crippen LogP contribution in [-0.4, -0.2) is 18.1 Å². The molecule has 1 fully saturated rings. The molecule has 0 aromatic heterocycles. The molecule has 19 heavy (non-hydrogen) atoms. The summed E-state index contributed by atoms with van der Waals surface area (Å²) in [6, 6.07) is 6.41. The average molecular weight is 297 g/mol. The van der Waals surface area contributed by atoms with Gasteiger partial charge < -0.3 is 10.6 Å². The Balaban J connectivity index is 2.30. The molecule has 1 aromatic rings. The molecule has 2 N–H and O–H groups in total. The summed E-state index contributed by atoms with van der Waals surface area (Å²) >= 11 is 11.4. The predicted octanol–water partition coefficient (Wildman–Crippen LogP) is 3.99. The highest BCUT2D eigenvalue weighted by Gasteiger charge is 2.24. The van der Waals surface area contributed by atoms with Gasteiger partial charge in [0, 0.05) is 18.8 Å². The first kappa shape index (κ1) is 14.6. The standard InChI is InChI=1S/C15H21ClN2S/c1-10-5-3-6-11(9-10)18(2)13-8-4-7-12(16)14(13)15(17)19/h4,7-8,10-11H,3,5-6,9H2,1-2H3,(H2,17,19). The van der Waals surface area contributed by atoms with Crippen molar-refractivity contribution >= 4 is 34.5 Å². The molecular formula is C15H21ClN2S. The second-order valence-electron chi connectivity index (χ2n) is 5.53. The molecule has 2 rings (SSSR count). The largest absolute Gasteiger partial charge is 0.389 e. The predicted molar refractivity (Wildman–Crippen MR) is 87.2 cm³/mol. The third kappa shape index (κ3) is 3.21. The van der Waals surface area contributed by atoms with Gasteiger partial charge in [-0.15, -0.1) is 0 Å². The Morgan fingerprint density at radius 2 is 2.16 bits per heavy atom. The minimum absolute atomic E-state index is 0.372. The maximum Gasteiger partial charge on any atom is 0.107 e. The van der Waals surface area contributed by atoms with Gasteiger partial charge >= 0.3 is 0 Å². The van der Waals surface area contributed by atoms with E-state index >= 15 is 0 Å². The molecule has 0 saturated heterocycles. The zero-order valence-electron chi connectivity index (χ0n) is 11.5. The van der Waals surface area contributed by atoms with Crippen LogP contribution in [0.1, 0.15) is 38.2 Å². The number of benzene rings is 1. The van der Waals surface area contributed by atoms with Crippen molar-refractivity contribution in [3.63, 3.8) is 0 Å². The van der Waals surface area contributed by atoms with Crippen molar-refractivity contribution in [2.45, 2.75) is 38.6 Å². The number of halogens is 1. The summed E-state index contributed by atoms with van der Waals surface area (Å²) in [6.45, 7) is 2.33. The van der Waals surface area contributed by atoms with E-state index in [0.717, 1.165) is 17.2 Å². The number of nitrogens with two attached hydrogens (primary N) is 1. The maximum atomic E-state index is 6.24. The van der Waals surface area contributed by atoms with Gasteiger partial charge in [-0.05, 0) is 30.9 Å². The SMILES string of the molecule is CC1CCCC(N(C)c2cccc(Cl)c2C(N)=S)C1. The van der Waals surface area contributed by atoms with E-state index in [2.05, 4.69) is 24.9 Å². The third-order valence-corrected chi connectivity index (χ3v) is 4.59. The molecule has 1 saturated carbocycles. The van der Waals surface area contributed by atoms with Crippen molar-refractivity contribution in [3.8, 4) is 0 Å². The van der Waals surface area contributed by atoms with E-state index in [9.17, 15) is 0 Å². The number of hydrogen-bond acceptors (Lipinski definition) is 2. The first-order valence-electron chi connectivity index (χ1n) is 6.82. The summed E-state index contributed by atoms with van der Waals surface area (Å²) in [5, 5.41) is 0.640. The summed E-state index contributed by atoms with van der Waals surface area (Å²) in [5.74, 6) is 0.786. The Hall–Kier alpha value is -0.800. The lowest BCUT2D eigenvalue weighted by molar-refractivity contribution is 0.336. The zero-order valence-corrected chi connectivity index (χ0v) is 13.1. The Morgan fingerprint density at radius 3 is 2.79 bits per heavy atom. The van der Waals surface area contributed by atoms with Gasteiger partial charge in [-0.25, -0.2) is 0 Å². The lowest BCUT2D eigenvalue weighted by atomic mass is 9.86. The Labute approximate surface area is 125 Å².